The molecule has 0 radical (unpaired) electrons. The first-order valence-electron chi connectivity index (χ1n) is 3.86. The van der Waals surface area contributed by atoms with Crippen LogP contribution in [0, 0.1) is 3.70 Å². The molecule has 0 fully saturated rings. The summed E-state index contributed by atoms with van der Waals surface area (Å²) in [5, 5.41) is 4.38. The second kappa shape index (κ2) is 3.76. The van der Waals surface area contributed by atoms with E-state index < -0.39 is 0 Å². The van der Waals surface area contributed by atoms with Gasteiger partial charge in [-0.2, -0.15) is 5.10 Å². The van der Waals surface area contributed by atoms with Gasteiger partial charge in [0.1, 0.15) is 8.17 Å². The smallest absolute Gasteiger partial charge is 0.227 e. The number of nitrogens with zero attached hydrogens (tertiary/aromatic N) is 2. The van der Waals surface area contributed by atoms with Gasteiger partial charge in [-0.15, -0.1) is 0 Å². The first-order chi connectivity index (χ1) is 5.88. The van der Waals surface area contributed by atoms with Gasteiger partial charge in [-0.1, -0.05) is 0 Å². The van der Waals surface area contributed by atoms with Crippen LogP contribution >= 0.6 is 38.5 Å². The molecule has 1 rings (SSSR count). The van der Waals surface area contributed by atoms with Gasteiger partial charge in [0.15, 0.2) is 0 Å². The zero-order valence-corrected chi connectivity index (χ0v) is 11.8. The average molecular weight is 359 g/mol. The van der Waals surface area contributed by atoms with E-state index in [0.717, 1.165) is 14.1 Å². The third-order valence-corrected chi connectivity index (χ3v) is 3.79. The predicted molar refractivity (Wildman–Crippen MR) is 64.2 cm³/mol. The zero-order chi connectivity index (χ0) is 10.2. The minimum atomic E-state index is -0.0582. The third kappa shape index (κ3) is 2.18. The van der Waals surface area contributed by atoms with Crippen LogP contribution in [0.2, 0.25) is 0 Å². The number of hydrogen-bond acceptors (Lipinski definition) is 2. The van der Waals surface area contributed by atoms with E-state index in [-0.39, 0.29) is 5.54 Å². The van der Waals surface area contributed by atoms with Gasteiger partial charge in [-0.25, -0.2) is 4.68 Å². The van der Waals surface area contributed by atoms with Crippen molar-refractivity contribution in [1.82, 2.24) is 9.78 Å². The Hall–Kier alpha value is 0.220. The van der Waals surface area contributed by atoms with Gasteiger partial charge < -0.3 is 4.74 Å². The molecule has 0 atom stereocenters. The summed E-state index contributed by atoms with van der Waals surface area (Å²) in [6.07, 6.45) is 0. The quantitative estimate of drug-likeness (QED) is 0.721. The van der Waals surface area contributed by atoms with Crippen molar-refractivity contribution in [2.75, 3.05) is 7.11 Å². The lowest BCUT2D eigenvalue weighted by molar-refractivity contribution is 0.281. The second-order valence-corrected chi connectivity index (χ2v) is 5.51. The largest absolute Gasteiger partial charge is 0.480 e. The van der Waals surface area contributed by atoms with Crippen molar-refractivity contribution in [3.05, 3.63) is 8.17 Å². The van der Waals surface area contributed by atoms with Crippen LogP contribution in [0.5, 0.6) is 5.88 Å². The molecule has 0 bridgehead atoms. The normalized spacial score (nSPS) is 11.8. The summed E-state index contributed by atoms with van der Waals surface area (Å²) in [5.41, 5.74) is -0.0582. The average Bonchev–Trinajstić information content (AvgIpc) is 2.28. The van der Waals surface area contributed by atoms with Crippen LogP contribution in [-0.2, 0) is 5.54 Å². The maximum absolute atomic E-state index is 5.27. The van der Waals surface area contributed by atoms with Gasteiger partial charge in [0.2, 0.25) is 5.88 Å². The van der Waals surface area contributed by atoms with Crippen molar-refractivity contribution in [2.45, 2.75) is 26.3 Å². The van der Waals surface area contributed by atoms with Gasteiger partial charge in [0.05, 0.1) is 12.6 Å². The monoisotopic (exact) mass is 358 g/mol. The second-order valence-electron chi connectivity index (χ2n) is 3.70. The highest BCUT2D eigenvalue weighted by molar-refractivity contribution is 14.1. The maximum Gasteiger partial charge on any atom is 0.227 e. The van der Waals surface area contributed by atoms with Gasteiger partial charge in [0, 0.05) is 0 Å². The van der Waals surface area contributed by atoms with Crippen LogP contribution in [-0.4, -0.2) is 16.9 Å². The Bertz CT molecular complexity index is 317. The lowest BCUT2D eigenvalue weighted by Gasteiger charge is -2.21. The van der Waals surface area contributed by atoms with Crippen molar-refractivity contribution in [3.8, 4) is 5.88 Å². The van der Waals surface area contributed by atoms with Crippen LogP contribution in [0.25, 0.3) is 0 Å². The Morgan fingerprint density at radius 3 is 2.31 bits per heavy atom. The lowest BCUT2D eigenvalue weighted by atomic mass is 10.1. The number of aromatic nitrogens is 2. The predicted octanol–water partition coefficient (Wildman–Crippen LogP) is 3.01. The Morgan fingerprint density at radius 1 is 1.46 bits per heavy atom. The van der Waals surface area contributed by atoms with E-state index in [1.54, 1.807) is 7.11 Å². The Morgan fingerprint density at radius 2 is 2.00 bits per heavy atom. The molecule has 1 aromatic heterocycles. The molecule has 3 nitrogen and oxygen atoms in total. The van der Waals surface area contributed by atoms with E-state index in [2.05, 4.69) is 64.4 Å². The van der Waals surface area contributed by atoms with Crippen LogP contribution in [0.1, 0.15) is 20.8 Å². The number of rotatable bonds is 1. The molecule has 5 heteroatoms. The molecule has 1 heterocycles. The maximum atomic E-state index is 5.27. The summed E-state index contributed by atoms with van der Waals surface area (Å²) < 4.78 is 8.99. The minimum Gasteiger partial charge on any atom is -0.480 e. The topological polar surface area (TPSA) is 27.1 Å². The number of halogens is 2. The van der Waals surface area contributed by atoms with Gasteiger partial charge in [0.25, 0.3) is 0 Å². The standard InChI is InChI=1S/C8H12BrIN2O/c1-8(2,3)12-7(13-4)5(9)6(10)11-12/h1-4H3. The summed E-state index contributed by atoms with van der Waals surface area (Å²) >= 11 is 5.61. The number of methoxy groups -OCH3 is 1. The molecular formula is C8H12BrIN2O. The SMILES string of the molecule is COc1c(Br)c(I)nn1C(C)(C)C. The van der Waals surface area contributed by atoms with Crippen molar-refractivity contribution < 1.29 is 4.74 Å². The van der Waals surface area contributed by atoms with Crippen LogP contribution in [0.4, 0.5) is 0 Å². The van der Waals surface area contributed by atoms with Crippen molar-refractivity contribution in [3.63, 3.8) is 0 Å². The molecule has 0 aromatic carbocycles. The van der Waals surface area contributed by atoms with Crippen molar-refractivity contribution in [1.29, 1.82) is 0 Å². The molecule has 74 valence electrons. The zero-order valence-electron chi connectivity index (χ0n) is 8.06. The van der Waals surface area contributed by atoms with Crippen molar-refractivity contribution >= 4 is 38.5 Å². The summed E-state index contributed by atoms with van der Waals surface area (Å²) in [6.45, 7) is 6.26. The van der Waals surface area contributed by atoms with Crippen molar-refractivity contribution in [2.24, 2.45) is 0 Å². The molecule has 0 N–H and O–H groups in total. The molecule has 0 unspecified atom stereocenters. The summed E-state index contributed by atoms with van der Waals surface area (Å²) in [5.74, 6) is 0.775. The molecule has 1 aromatic rings. The summed E-state index contributed by atoms with van der Waals surface area (Å²) in [7, 11) is 1.65. The van der Waals surface area contributed by atoms with Crippen LogP contribution in [0.15, 0.2) is 4.47 Å². The van der Waals surface area contributed by atoms with E-state index in [0.29, 0.717) is 0 Å². The fraction of sp³-hybridized carbons (Fsp3) is 0.625. The molecule has 0 amide bonds. The van der Waals surface area contributed by atoms with Gasteiger partial charge in [-0.3, -0.25) is 0 Å². The Labute approximate surface area is 100 Å². The first-order valence-corrected chi connectivity index (χ1v) is 5.73. The molecule has 0 aliphatic rings. The van der Waals surface area contributed by atoms with E-state index in [9.17, 15) is 0 Å². The number of ether oxygens (including phenoxy) is 1. The van der Waals surface area contributed by atoms with E-state index in [4.69, 9.17) is 4.74 Å². The highest BCUT2D eigenvalue weighted by Crippen LogP contribution is 2.33. The fourth-order valence-corrected chi connectivity index (χ4v) is 1.84. The van der Waals surface area contributed by atoms with Gasteiger partial charge >= 0.3 is 0 Å². The first kappa shape index (κ1) is 11.3. The number of hydrogen-bond donors (Lipinski definition) is 0. The molecule has 0 aliphatic carbocycles. The molecule has 13 heavy (non-hydrogen) atoms. The lowest BCUT2D eigenvalue weighted by Crippen LogP contribution is -2.23. The highest BCUT2D eigenvalue weighted by atomic mass is 127. The molecule has 0 spiro atoms. The van der Waals surface area contributed by atoms with E-state index >= 15 is 0 Å². The van der Waals surface area contributed by atoms with Crippen LogP contribution < -0.4 is 4.74 Å². The highest BCUT2D eigenvalue weighted by Gasteiger charge is 2.23. The van der Waals surface area contributed by atoms with Crippen LogP contribution in [0.3, 0.4) is 0 Å². The fourth-order valence-electron chi connectivity index (χ4n) is 0.989. The molecular weight excluding hydrogens is 347 g/mol. The molecule has 0 saturated carbocycles. The van der Waals surface area contributed by atoms with E-state index in [1.165, 1.54) is 0 Å². The Kier molecular flexibility index (Phi) is 3.27. The summed E-state index contributed by atoms with van der Waals surface area (Å²) in [6, 6.07) is 0. The summed E-state index contributed by atoms with van der Waals surface area (Å²) in [4.78, 5) is 0. The minimum absolute atomic E-state index is 0.0582. The van der Waals surface area contributed by atoms with Gasteiger partial charge in [-0.05, 0) is 59.3 Å². The Balaban J connectivity index is 3.30. The third-order valence-electron chi connectivity index (χ3n) is 1.58. The molecule has 0 saturated heterocycles. The molecule has 0 aliphatic heterocycles. The van der Waals surface area contributed by atoms with E-state index in [1.807, 2.05) is 4.68 Å².